The fourth-order valence-electron chi connectivity index (χ4n) is 2.14. The molecule has 2 rings (SSSR count). The van der Waals surface area contributed by atoms with Gasteiger partial charge < -0.3 is 0 Å². The van der Waals surface area contributed by atoms with E-state index in [-0.39, 0.29) is 6.04 Å². The first-order valence-electron chi connectivity index (χ1n) is 5.94. The lowest BCUT2D eigenvalue weighted by molar-refractivity contribution is 0.523. The Bertz CT molecular complexity index is 503. The van der Waals surface area contributed by atoms with Gasteiger partial charge >= 0.3 is 0 Å². The van der Waals surface area contributed by atoms with Gasteiger partial charge in [-0.15, -0.1) is 11.3 Å². The summed E-state index contributed by atoms with van der Waals surface area (Å²) in [7, 11) is 1.97. The number of nitrogens with zero attached hydrogens (tertiary/aromatic N) is 3. The molecular formula is C12H19N5S. The maximum Gasteiger partial charge on any atom is 0.0794 e. The van der Waals surface area contributed by atoms with E-state index in [0.717, 1.165) is 18.5 Å². The van der Waals surface area contributed by atoms with Crippen LogP contribution in [-0.4, -0.2) is 20.8 Å². The molecule has 2 aromatic rings. The minimum absolute atomic E-state index is 0.215. The molecule has 0 aliphatic carbocycles. The predicted molar refractivity (Wildman–Crippen MR) is 73.3 cm³/mol. The summed E-state index contributed by atoms with van der Waals surface area (Å²) in [6.45, 7) is 4.14. The molecule has 0 spiro atoms. The second kappa shape index (κ2) is 5.60. The first-order valence-corrected chi connectivity index (χ1v) is 6.82. The van der Waals surface area contributed by atoms with Crippen molar-refractivity contribution in [3.05, 3.63) is 33.5 Å². The molecule has 0 saturated heterocycles. The minimum Gasteiger partial charge on any atom is -0.272 e. The van der Waals surface area contributed by atoms with Gasteiger partial charge in [-0.2, -0.15) is 5.10 Å². The summed E-state index contributed by atoms with van der Waals surface area (Å²) in [5.41, 5.74) is 8.32. The number of aryl methyl sites for hydroxylation is 2. The summed E-state index contributed by atoms with van der Waals surface area (Å²) in [5.74, 6) is 5.65. The molecule has 5 nitrogen and oxygen atoms in total. The third-order valence-corrected chi connectivity index (χ3v) is 4.08. The van der Waals surface area contributed by atoms with E-state index in [1.165, 1.54) is 16.1 Å². The molecule has 0 amide bonds. The van der Waals surface area contributed by atoms with Crippen molar-refractivity contribution in [1.29, 1.82) is 0 Å². The van der Waals surface area contributed by atoms with Crippen molar-refractivity contribution >= 4 is 11.3 Å². The molecule has 98 valence electrons. The van der Waals surface area contributed by atoms with E-state index >= 15 is 0 Å². The number of hydrogen-bond donors (Lipinski definition) is 2. The summed E-state index contributed by atoms with van der Waals surface area (Å²) in [6, 6.07) is 0.215. The van der Waals surface area contributed by atoms with Crippen LogP contribution in [0.5, 0.6) is 0 Å². The molecule has 18 heavy (non-hydrogen) atoms. The number of aromatic nitrogens is 3. The molecule has 1 unspecified atom stereocenters. The van der Waals surface area contributed by atoms with Crippen LogP contribution in [0.25, 0.3) is 0 Å². The van der Waals surface area contributed by atoms with Crippen molar-refractivity contribution in [2.24, 2.45) is 12.9 Å². The zero-order chi connectivity index (χ0) is 13.1. The van der Waals surface area contributed by atoms with Gasteiger partial charge in [0.05, 0.1) is 11.2 Å². The lowest BCUT2D eigenvalue weighted by Crippen LogP contribution is -2.38. The molecule has 2 heterocycles. The highest BCUT2D eigenvalue weighted by atomic mass is 32.1. The number of rotatable bonds is 5. The summed E-state index contributed by atoms with van der Waals surface area (Å²) >= 11 is 1.66. The predicted octanol–water partition coefficient (Wildman–Crippen LogP) is 1.11. The van der Waals surface area contributed by atoms with Crippen molar-refractivity contribution in [3.63, 3.8) is 0 Å². The lowest BCUT2D eigenvalue weighted by atomic mass is 10.0. The third kappa shape index (κ3) is 2.77. The molecule has 0 radical (unpaired) electrons. The first-order chi connectivity index (χ1) is 8.61. The molecule has 0 fully saturated rings. The van der Waals surface area contributed by atoms with Gasteiger partial charge in [-0.1, -0.05) is 0 Å². The van der Waals surface area contributed by atoms with Crippen LogP contribution < -0.4 is 11.3 Å². The lowest BCUT2D eigenvalue weighted by Gasteiger charge is -2.15. The van der Waals surface area contributed by atoms with Crippen LogP contribution in [0.15, 0.2) is 11.7 Å². The Morgan fingerprint density at radius 1 is 1.44 bits per heavy atom. The molecular weight excluding hydrogens is 246 g/mol. The molecule has 3 N–H and O–H groups in total. The molecule has 6 heteroatoms. The molecule has 0 aliphatic heterocycles. The van der Waals surface area contributed by atoms with Gasteiger partial charge in [0.2, 0.25) is 0 Å². The number of nitrogens with two attached hydrogens (primary N) is 1. The van der Waals surface area contributed by atoms with Gasteiger partial charge in [0.15, 0.2) is 0 Å². The highest BCUT2D eigenvalue weighted by Crippen LogP contribution is 2.17. The smallest absolute Gasteiger partial charge is 0.0794 e. The summed E-state index contributed by atoms with van der Waals surface area (Å²) in [6.07, 6.45) is 3.69. The van der Waals surface area contributed by atoms with Gasteiger partial charge in [-0.05, 0) is 25.8 Å². The third-order valence-electron chi connectivity index (χ3n) is 3.28. The monoisotopic (exact) mass is 265 g/mol. The second-order valence-corrected chi connectivity index (χ2v) is 5.48. The SMILES string of the molecule is Cc1nn(C)c(C)c1CC(Cc1cncs1)NN. The Kier molecular flexibility index (Phi) is 4.11. The normalized spacial score (nSPS) is 12.9. The van der Waals surface area contributed by atoms with Crippen LogP contribution >= 0.6 is 11.3 Å². The number of thiazole rings is 1. The van der Waals surface area contributed by atoms with Crippen LogP contribution in [-0.2, 0) is 19.9 Å². The molecule has 0 aliphatic rings. The Morgan fingerprint density at radius 3 is 2.72 bits per heavy atom. The minimum atomic E-state index is 0.215. The van der Waals surface area contributed by atoms with E-state index < -0.39 is 0 Å². The Balaban J connectivity index is 2.10. The van der Waals surface area contributed by atoms with Crippen LogP contribution in [0, 0.1) is 13.8 Å². The molecule has 0 bridgehead atoms. The van der Waals surface area contributed by atoms with E-state index in [2.05, 4.69) is 22.4 Å². The fourth-order valence-corrected chi connectivity index (χ4v) is 2.81. The van der Waals surface area contributed by atoms with Crippen molar-refractivity contribution in [2.75, 3.05) is 0 Å². The number of hydrazine groups is 1. The van der Waals surface area contributed by atoms with Gasteiger partial charge in [-0.3, -0.25) is 20.9 Å². The maximum absolute atomic E-state index is 5.65. The zero-order valence-corrected chi connectivity index (χ0v) is 11.8. The van der Waals surface area contributed by atoms with E-state index in [9.17, 15) is 0 Å². The molecule has 1 atom stereocenters. The van der Waals surface area contributed by atoms with E-state index in [0.29, 0.717) is 0 Å². The average molecular weight is 265 g/mol. The zero-order valence-electron chi connectivity index (χ0n) is 11.0. The van der Waals surface area contributed by atoms with Crippen molar-refractivity contribution < 1.29 is 0 Å². The average Bonchev–Trinajstić information content (AvgIpc) is 2.92. The Hall–Kier alpha value is -1.24. The van der Waals surface area contributed by atoms with Crippen LogP contribution in [0.4, 0.5) is 0 Å². The van der Waals surface area contributed by atoms with Gasteiger partial charge in [-0.25, -0.2) is 0 Å². The number of hydrogen-bond acceptors (Lipinski definition) is 5. The first kappa shape index (κ1) is 13.2. The Labute approximate surface area is 111 Å². The molecule has 2 aromatic heterocycles. The summed E-state index contributed by atoms with van der Waals surface area (Å²) in [4.78, 5) is 5.34. The highest BCUT2D eigenvalue weighted by Gasteiger charge is 2.16. The van der Waals surface area contributed by atoms with Crippen molar-refractivity contribution in [2.45, 2.75) is 32.7 Å². The van der Waals surface area contributed by atoms with Gasteiger partial charge in [0.25, 0.3) is 0 Å². The fraction of sp³-hybridized carbons (Fsp3) is 0.500. The summed E-state index contributed by atoms with van der Waals surface area (Å²) in [5, 5.41) is 4.43. The van der Waals surface area contributed by atoms with E-state index in [4.69, 9.17) is 5.84 Å². The second-order valence-electron chi connectivity index (χ2n) is 4.51. The quantitative estimate of drug-likeness (QED) is 0.628. The maximum atomic E-state index is 5.65. The van der Waals surface area contributed by atoms with E-state index in [1.54, 1.807) is 11.3 Å². The van der Waals surface area contributed by atoms with Gasteiger partial charge in [0, 0.05) is 36.3 Å². The van der Waals surface area contributed by atoms with Crippen LogP contribution in [0.1, 0.15) is 21.8 Å². The van der Waals surface area contributed by atoms with Crippen molar-refractivity contribution in [1.82, 2.24) is 20.2 Å². The Morgan fingerprint density at radius 2 is 2.22 bits per heavy atom. The standard InChI is InChI=1S/C12H19N5S/c1-8-12(9(2)17(3)16-8)5-10(15-13)4-11-6-14-7-18-11/h6-7,10,15H,4-5,13H2,1-3H3. The van der Waals surface area contributed by atoms with Crippen molar-refractivity contribution in [3.8, 4) is 0 Å². The topological polar surface area (TPSA) is 68.8 Å². The summed E-state index contributed by atoms with van der Waals surface area (Å²) < 4.78 is 1.92. The number of nitrogens with one attached hydrogen (secondary N) is 1. The highest BCUT2D eigenvalue weighted by molar-refractivity contribution is 7.09. The molecule has 0 saturated carbocycles. The van der Waals surface area contributed by atoms with Crippen LogP contribution in [0.2, 0.25) is 0 Å². The van der Waals surface area contributed by atoms with Gasteiger partial charge in [0.1, 0.15) is 0 Å². The van der Waals surface area contributed by atoms with Crippen LogP contribution in [0.3, 0.4) is 0 Å². The van der Waals surface area contributed by atoms with E-state index in [1.807, 2.05) is 30.4 Å². The molecule has 0 aromatic carbocycles. The largest absolute Gasteiger partial charge is 0.272 e.